The van der Waals surface area contributed by atoms with Crippen LogP contribution in [0.15, 0.2) is 54.6 Å². The number of hydrogen-bond donors (Lipinski definition) is 3. The second-order valence-electron chi connectivity index (χ2n) is 12.1. The number of carbonyl (C=O) groups is 3. The van der Waals surface area contributed by atoms with E-state index in [1.807, 2.05) is 12.1 Å². The molecular formula is C38H50O6. The van der Waals surface area contributed by atoms with Crippen LogP contribution in [-0.2, 0) is 0 Å². The van der Waals surface area contributed by atoms with Gasteiger partial charge in [0, 0.05) is 11.3 Å². The van der Waals surface area contributed by atoms with E-state index in [1.54, 1.807) is 24.3 Å². The van der Waals surface area contributed by atoms with Crippen molar-refractivity contribution in [1.82, 2.24) is 0 Å². The Labute approximate surface area is 262 Å². The zero-order chi connectivity index (χ0) is 31.7. The van der Waals surface area contributed by atoms with Crippen molar-refractivity contribution < 1.29 is 29.7 Å². The molecule has 0 aliphatic carbocycles. The van der Waals surface area contributed by atoms with E-state index in [-0.39, 0.29) is 28.2 Å². The van der Waals surface area contributed by atoms with Gasteiger partial charge < -0.3 is 15.3 Å². The molecule has 6 heteroatoms. The first-order valence-corrected chi connectivity index (χ1v) is 16.7. The number of benzene rings is 3. The van der Waals surface area contributed by atoms with Crippen LogP contribution in [-0.4, -0.2) is 33.0 Å². The third kappa shape index (κ3) is 10.8. The van der Waals surface area contributed by atoms with Crippen molar-refractivity contribution in [3.8, 4) is 5.75 Å². The predicted molar refractivity (Wildman–Crippen MR) is 177 cm³/mol. The molecule has 3 aromatic rings. The first-order valence-electron chi connectivity index (χ1n) is 16.7. The summed E-state index contributed by atoms with van der Waals surface area (Å²) in [6.07, 6.45) is 20.2. The molecule has 0 heterocycles. The minimum Gasteiger partial charge on any atom is -0.507 e. The van der Waals surface area contributed by atoms with E-state index >= 15 is 0 Å². The van der Waals surface area contributed by atoms with Gasteiger partial charge in [-0.2, -0.15) is 0 Å². The molecule has 0 spiro atoms. The van der Waals surface area contributed by atoms with E-state index in [9.17, 15) is 29.7 Å². The first-order chi connectivity index (χ1) is 21.3. The number of rotatable bonds is 22. The first kappa shape index (κ1) is 34.8. The standard InChI is InChI=1S/C38H50O6/c1-2-3-4-5-6-7-8-9-10-11-12-13-14-15-16-17-21-33(29-25-30(37(41)42)27-31(26-29)38(43)44)36(40)34-24-23-28-20-18-19-22-32(28)35(34)39/h18-20,22-27,33,39H,2-17,21H2,1H3,(H,41,42)(H,43,44). The van der Waals surface area contributed by atoms with Crippen LogP contribution in [0.1, 0.15) is 159 Å². The fraction of sp³-hybridized carbons (Fsp3) is 0.500. The van der Waals surface area contributed by atoms with E-state index in [0.717, 1.165) is 37.1 Å². The van der Waals surface area contributed by atoms with Crippen LogP contribution in [0, 0.1) is 0 Å². The number of carboxylic acid groups (broad SMARTS) is 2. The highest BCUT2D eigenvalue weighted by molar-refractivity contribution is 6.08. The van der Waals surface area contributed by atoms with Gasteiger partial charge in [-0.15, -0.1) is 0 Å². The Balaban J connectivity index is 1.55. The van der Waals surface area contributed by atoms with E-state index < -0.39 is 17.9 Å². The second kappa shape index (κ2) is 18.9. The van der Waals surface area contributed by atoms with Crippen molar-refractivity contribution in [2.75, 3.05) is 0 Å². The van der Waals surface area contributed by atoms with E-state index in [0.29, 0.717) is 17.4 Å². The molecule has 3 aromatic carbocycles. The normalized spacial score (nSPS) is 11.9. The molecule has 238 valence electrons. The smallest absolute Gasteiger partial charge is 0.335 e. The molecule has 1 atom stereocenters. The summed E-state index contributed by atoms with van der Waals surface area (Å²) in [6.45, 7) is 2.25. The van der Waals surface area contributed by atoms with Crippen molar-refractivity contribution in [2.45, 2.75) is 122 Å². The van der Waals surface area contributed by atoms with Gasteiger partial charge >= 0.3 is 11.9 Å². The summed E-state index contributed by atoms with van der Waals surface area (Å²) in [5.74, 6) is -3.73. The number of hydrogen-bond acceptors (Lipinski definition) is 4. The van der Waals surface area contributed by atoms with Crippen molar-refractivity contribution >= 4 is 28.5 Å². The molecule has 0 aliphatic heterocycles. The van der Waals surface area contributed by atoms with Gasteiger partial charge in [-0.25, -0.2) is 9.59 Å². The largest absolute Gasteiger partial charge is 0.507 e. The highest BCUT2D eigenvalue weighted by atomic mass is 16.4. The summed E-state index contributed by atoms with van der Waals surface area (Å²) in [6, 6.07) is 14.5. The van der Waals surface area contributed by atoms with Crippen molar-refractivity contribution in [2.24, 2.45) is 0 Å². The maximum absolute atomic E-state index is 13.9. The highest BCUT2D eigenvalue weighted by Gasteiger charge is 2.27. The molecule has 0 aromatic heterocycles. The SMILES string of the molecule is CCCCCCCCCCCCCCCCCCC(C(=O)c1ccc2ccccc2c1O)c1cc(C(=O)O)cc(C(=O)O)c1. The van der Waals surface area contributed by atoms with Crippen LogP contribution in [0.3, 0.4) is 0 Å². The van der Waals surface area contributed by atoms with Crippen molar-refractivity contribution in [3.63, 3.8) is 0 Å². The Hall–Kier alpha value is -3.67. The molecule has 6 nitrogen and oxygen atoms in total. The van der Waals surface area contributed by atoms with Crippen LogP contribution >= 0.6 is 0 Å². The molecule has 0 bridgehead atoms. The van der Waals surface area contributed by atoms with Gasteiger partial charge in [-0.05, 0) is 41.6 Å². The quantitative estimate of drug-likeness (QED) is 0.0779. The number of fused-ring (bicyclic) bond motifs is 1. The Morgan fingerprint density at radius 1 is 0.614 bits per heavy atom. The third-order valence-corrected chi connectivity index (χ3v) is 8.68. The monoisotopic (exact) mass is 602 g/mol. The number of aromatic carboxylic acids is 2. The fourth-order valence-corrected chi connectivity index (χ4v) is 6.09. The Morgan fingerprint density at radius 3 is 1.59 bits per heavy atom. The minimum atomic E-state index is -1.25. The van der Waals surface area contributed by atoms with Gasteiger partial charge in [0.25, 0.3) is 0 Å². The molecule has 0 amide bonds. The van der Waals surface area contributed by atoms with Gasteiger partial charge in [-0.3, -0.25) is 4.79 Å². The van der Waals surface area contributed by atoms with Gasteiger partial charge in [0.05, 0.1) is 16.7 Å². The molecule has 44 heavy (non-hydrogen) atoms. The molecular weight excluding hydrogens is 552 g/mol. The molecule has 3 rings (SSSR count). The summed E-state index contributed by atoms with van der Waals surface area (Å²) in [5.41, 5.74) is 0.156. The Bertz CT molecular complexity index is 1330. The minimum absolute atomic E-state index is 0.113. The number of unbranched alkanes of at least 4 members (excludes halogenated alkanes) is 15. The molecule has 0 fully saturated rings. The van der Waals surface area contributed by atoms with Crippen molar-refractivity contribution in [3.05, 3.63) is 76.9 Å². The highest BCUT2D eigenvalue weighted by Crippen LogP contribution is 2.35. The van der Waals surface area contributed by atoms with Crippen LogP contribution in [0.2, 0.25) is 0 Å². The van der Waals surface area contributed by atoms with Crippen LogP contribution in [0.25, 0.3) is 10.8 Å². The molecule has 0 radical (unpaired) electrons. The van der Waals surface area contributed by atoms with E-state index in [2.05, 4.69) is 6.92 Å². The summed E-state index contributed by atoms with van der Waals surface area (Å²) < 4.78 is 0. The average molecular weight is 603 g/mol. The summed E-state index contributed by atoms with van der Waals surface area (Å²) in [4.78, 5) is 37.5. The lowest BCUT2D eigenvalue weighted by molar-refractivity contribution is 0.0696. The van der Waals surface area contributed by atoms with Gasteiger partial charge in [0.1, 0.15) is 5.75 Å². The van der Waals surface area contributed by atoms with E-state index in [1.165, 1.54) is 89.2 Å². The Morgan fingerprint density at radius 2 is 1.09 bits per heavy atom. The zero-order valence-electron chi connectivity index (χ0n) is 26.4. The van der Waals surface area contributed by atoms with Crippen molar-refractivity contribution in [1.29, 1.82) is 0 Å². The fourth-order valence-electron chi connectivity index (χ4n) is 6.09. The molecule has 0 aliphatic rings. The maximum atomic E-state index is 13.9. The van der Waals surface area contributed by atoms with Crippen LogP contribution in [0.5, 0.6) is 5.75 Å². The van der Waals surface area contributed by atoms with Gasteiger partial charge in [-0.1, -0.05) is 140 Å². The molecule has 0 saturated carbocycles. The van der Waals surface area contributed by atoms with Gasteiger partial charge in [0.15, 0.2) is 5.78 Å². The topological polar surface area (TPSA) is 112 Å². The molecule has 0 saturated heterocycles. The number of Topliss-reactive ketones (excluding diaryl/α,β-unsaturated/α-hetero) is 1. The maximum Gasteiger partial charge on any atom is 0.335 e. The molecule has 3 N–H and O–H groups in total. The molecule has 1 unspecified atom stereocenters. The summed E-state index contributed by atoms with van der Waals surface area (Å²) in [7, 11) is 0. The predicted octanol–water partition coefficient (Wildman–Crippen LogP) is 10.6. The van der Waals surface area contributed by atoms with Crippen LogP contribution < -0.4 is 0 Å². The summed E-state index contributed by atoms with van der Waals surface area (Å²) >= 11 is 0. The number of aromatic hydroxyl groups is 1. The number of carboxylic acids is 2. The van der Waals surface area contributed by atoms with Gasteiger partial charge in [0.2, 0.25) is 0 Å². The number of phenolic OH excluding ortho intramolecular Hbond substituents is 1. The number of phenols is 1. The lowest BCUT2D eigenvalue weighted by Crippen LogP contribution is -2.16. The lowest BCUT2D eigenvalue weighted by atomic mass is 9.84. The zero-order valence-corrected chi connectivity index (χ0v) is 26.4. The van der Waals surface area contributed by atoms with Crippen LogP contribution in [0.4, 0.5) is 0 Å². The average Bonchev–Trinajstić information content (AvgIpc) is 3.02. The number of carbonyl (C=O) groups excluding carboxylic acids is 1. The number of ketones is 1. The third-order valence-electron chi connectivity index (χ3n) is 8.68. The second-order valence-corrected chi connectivity index (χ2v) is 12.1. The summed E-state index contributed by atoms with van der Waals surface area (Å²) in [5, 5.41) is 31.6. The van der Waals surface area contributed by atoms with E-state index in [4.69, 9.17) is 0 Å². The lowest BCUT2D eigenvalue weighted by Gasteiger charge is -2.19. The Kier molecular flexibility index (Phi) is 14.9.